The summed E-state index contributed by atoms with van der Waals surface area (Å²) in [5.74, 6) is 0.964. The Kier molecular flexibility index (Phi) is 6.15. The van der Waals surface area contributed by atoms with Crippen molar-refractivity contribution in [1.29, 1.82) is 0 Å². The van der Waals surface area contributed by atoms with Crippen molar-refractivity contribution in [3.63, 3.8) is 0 Å². The van der Waals surface area contributed by atoms with Crippen LogP contribution in [0.1, 0.15) is 33.1 Å². The fourth-order valence-electron chi connectivity index (χ4n) is 1.68. The van der Waals surface area contributed by atoms with Crippen LogP contribution < -0.4 is 5.73 Å². The molecule has 3 nitrogen and oxygen atoms in total. The maximum atomic E-state index is 13.4. The molecule has 0 heterocycles. The van der Waals surface area contributed by atoms with E-state index in [2.05, 4.69) is 5.16 Å². The number of benzene rings is 1. The molecule has 0 aliphatic carbocycles. The predicted octanol–water partition coefficient (Wildman–Crippen LogP) is 3.86. The van der Waals surface area contributed by atoms with E-state index < -0.39 is 0 Å². The average molecular weight is 284 g/mol. The van der Waals surface area contributed by atoms with Crippen LogP contribution in [0.4, 0.5) is 4.39 Å². The number of amidine groups is 1. The topological polar surface area (TPSA) is 58.6 Å². The number of nitrogens with two attached hydrogens (primary N) is 1. The molecule has 0 spiro atoms. The lowest BCUT2D eigenvalue weighted by atomic mass is 9.86. The lowest BCUT2D eigenvalue weighted by molar-refractivity contribution is 0.304. The van der Waals surface area contributed by atoms with Crippen molar-refractivity contribution >= 4 is 17.6 Å². The van der Waals surface area contributed by atoms with Gasteiger partial charge in [-0.15, -0.1) is 11.8 Å². The molecule has 0 unspecified atom stereocenters. The van der Waals surface area contributed by atoms with E-state index in [1.54, 1.807) is 12.1 Å². The number of nitrogens with zero attached hydrogens (tertiary/aromatic N) is 1. The van der Waals surface area contributed by atoms with Crippen LogP contribution in [0, 0.1) is 11.2 Å². The standard InChI is InChI=1S/C14H21FN2OS/c1-14(2,13(16)17-18)9-5-6-10-19-12-8-4-3-7-11(12)15/h3-4,7-8,18H,5-6,9-10H2,1-2H3,(H2,16,17). The summed E-state index contributed by atoms with van der Waals surface area (Å²) in [7, 11) is 0. The largest absolute Gasteiger partial charge is 0.409 e. The molecule has 0 aliphatic rings. The molecule has 1 aromatic carbocycles. The molecule has 19 heavy (non-hydrogen) atoms. The van der Waals surface area contributed by atoms with Crippen LogP contribution in [-0.4, -0.2) is 16.8 Å². The van der Waals surface area contributed by atoms with Gasteiger partial charge in [-0.25, -0.2) is 4.39 Å². The molecule has 3 N–H and O–H groups in total. The van der Waals surface area contributed by atoms with Crippen LogP contribution in [0.2, 0.25) is 0 Å². The highest BCUT2D eigenvalue weighted by atomic mass is 32.2. The smallest absolute Gasteiger partial charge is 0.144 e. The van der Waals surface area contributed by atoms with E-state index in [-0.39, 0.29) is 17.1 Å². The van der Waals surface area contributed by atoms with Gasteiger partial charge in [-0.3, -0.25) is 0 Å². The highest BCUT2D eigenvalue weighted by Gasteiger charge is 2.22. The average Bonchev–Trinajstić information content (AvgIpc) is 2.39. The lowest BCUT2D eigenvalue weighted by Crippen LogP contribution is -2.31. The quantitative estimate of drug-likeness (QED) is 0.200. The molecule has 0 aliphatic heterocycles. The van der Waals surface area contributed by atoms with Crippen molar-refractivity contribution < 1.29 is 9.60 Å². The second-order valence-corrected chi connectivity index (χ2v) is 6.24. The van der Waals surface area contributed by atoms with Crippen molar-refractivity contribution in [2.75, 3.05) is 5.75 Å². The van der Waals surface area contributed by atoms with Gasteiger partial charge in [-0.1, -0.05) is 37.6 Å². The maximum absolute atomic E-state index is 13.4. The summed E-state index contributed by atoms with van der Waals surface area (Å²) in [5, 5.41) is 11.7. The molecule has 1 aromatic rings. The van der Waals surface area contributed by atoms with E-state index in [1.165, 1.54) is 17.8 Å². The monoisotopic (exact) mass is 284 g/mol. The molecule has 0 radical (unpaired) electrons. The zero-order valence-electron chi connectivity index (χ0n) is 11.4. The van der Waals surface area contributed by atoms with Crippen molar-refractivity contribution in [2.45, 2.75) is 38.0 Å². The third-order valence-electron chi connectivity index (χ3n) is 3.09. The minimum Gasteiger partial charge on any atom is -0.409 e. The Morgan fingerprint density at radius 3 is 2.68 bits per heavy atom. The zero-order chi connectivity index (χ0) is 14.3. The van der Waals surface area contributed by atoms with Crippen molar-refractivity contribution in [1.82, 2.24) is 0 Å². The van der Waals surface area contributed by atoms with Crippen molar-refractivity contribution in [3.05, 3.63) is 30.1 Å². The van der Waals surface area contributed by atoms with Gasteiger partial charge >= 0.3 is 0 Å². The first kappa shape index (κ1) is 15.8. The van der Waals surface area contributed by atoms with E-state index >= 15 is 0 Å². The van der Waals surface area contributed by atoms with Gasteiger partial charge in [-0.2, -0.15) is 0 Å². The number of unbranched alkanes of at least 4 members (excludes halogenated alkanes) is 1. The third kappa shape index (κ3) is 5.11. The summed E-state index contributed by atoms with van der Waals surface area (Å²) < 4.78 is 13.4. The Bertz CT molecular complexity index is 435. The highest BCUT2D eigenvalue weighted by Crippen LogP contribution is 2.26. The molecule has 0 bridgehead atoms. The molecule has 0 amide bonds. The normalized spacial score (nSPS) is 12.7. The highest BCUT2D eigenvalue weighted by molar-refractivity contribution is 7.99. The molecule has 0 aromatic heterocycles. The molecule has 0 saturated heterocycles. The van der Waals surface area contributed by atoms with E-state index in [9.17, 15) is 4.39 Å². The Balaban J connectivity index is 2.27. The summed E-state index contributed by atoms with van der Waals surface area (Å²) in [6, 6.07) is 6.80. The summed E-state index contributed by atoms with van der Waals surface area (Å²) in [6.07, 6.45) is 2.78. The van der Waals surface area contributed by atoms with Gasteiger partial charge in [0.15, 0.2) is 0 Å². The van der Waals surface area contributed by atoms with Gasteiger partial charge in [0.05, 0.1) is 0 Å². The molecule has 0 atom stereocenters. The molecule has 106 valence electrons. The van der Waals surface area contributed by atoms with Crippen LogP contribution in [0.25, 0.3) is 0 Å². The predicted molar refractivity (Wildman–Crippen MR) is 78.2 cm³/mol. The lowest BCUT2D eigenvalue weighted by Gasteiger charge is -2.22. The van der Waals surface area contributed by atoms with Gasteiger partial charge in [0.25, 0.3) is 0 Å². The second kappa shape index (κ2) is 7.38. The minimum atomic E-state index is -0.294. The second-order valence-electron chi connectivity index (χ2n) is 5.11. The summed E-state index contributed by atoms with van der Waals surface area (Å²) >= 11 is 1.53. The van der Waals surface area contributed by atoms with Crippen molar-refractivity contribution in [2.24, 2.45) is 16.3 Å². The molecule has 0 fully saturated rings. The zero-order valence-corrected chi connectivity index (χ0v) is 12.2. The van der Waals surface area contributed by atoms with Gasteiger partial charge in [0, 0.05) is 10.3 Å². The fraction of sp³-hybridized carbons (Fsp3) is 0.500. The van der Waals surface area contributed by atoms with Crippen molar-refractivity contribution in [3.8, 4) is 0 Å². The third-order valence-corrected chi connectivity index (χ3v) is 4.23. The summed E-state index contributed by atoms with van der Waals surface area (Å²) in [5.41, 5.74) is 5.33. The Labute approximate surface area is 118 Å². The maximum Gasteiger partial charge on any atom is 0.144 e. The molecular formula is C14H21FN2OS. The van der Waals surface area contributed by atoms with Crippen LogP contribution >= 0.6 is 11.8 Å². The minimum absolute atomic E-state index is 0.163. The van der Waals surface area contributed by atoms with Gasteiger partial charge in [0.1, 0.15) is 11.7 Å². The van der Waals surface area contributed by atoms with Crippen LogP contribution in [0.15, 0.2) is 34.3 Å². The summed E-state index contributed by atoms with van der Waals surface area (Å²) in [6.45, 7) is 3.90. The number of oxime groups is 1. The van der Waals surface area contributed by atoms with Gasteiger partial charge in [0.2, 0.25) is 0 Å². The van der Waals surface area contributed by atoms with E-state index in [0.29, 0.717) is 4.90 Å². The Morgan fingerprint density at radius 2 is 2.05 bits per heavy atom. The molecule has 1 rings (SSSR count). The van der Waals surface area contributed by atoms with Gasteiger partial charge < -0.3 is 10.9 Å². The fourth-order valence-corrected chi connectivity index (χ4v) is 2.63. The molecule has 0 saturated carbocycles. The van der Waals surface area contributed by atoms with E-state index in [4.69, 9.17) is 10.9 Å². The number of hydrogen-bond acceptors (Lipinski definition) is 3. The van der Waals surface area contributed by atoms with Gasteiger partial charge in [-0.05, 0) is 30.7 Å². The van der Waals surface area contributed by atoms with E-state index in [1.807, 2.05) is 19.9 Å². The molecular weight excluding hydrogens is 263 g/mol. The number of hydrogen-bond donors (Lipinski definition) is 2. The van der Waals surface area contributed by atoms with Crippen LogP contribution in [0.5, 0.6) is 0 Å². The first-order valence-electron chi connectivity index (χ1n) is 6.32. The number of rotatable bonds is 7. The van der Waals surface area contributed by atoms with E-state index in [0.717, 1.165) is 25.0 Å². The summed E-state index contributed by atoms with van der Waals surface area (Å²) in [4.78, 5) is 0.693. The Hall–Kier alpha value is -1.23. The number of halogens is 1. The number of thioether (sulfide) groups is 1. The SMILES string of the molecule is CC(C)(CCCCSc1ccccc1F)/C(N)=N/O. The Morgan fingerprint density at radius 1 is 1.37 bits per heavy atom. The molecule has 5 heteroatoms. The first-order chi connectivity index (χ1) is 8.97. The van der Waals surface area contributed by atoms with Crippen LogP contribution in [-0.2, 0) is 0 Å². The van der Waals surface area contributed by atoms with Crippen LogP contribution in [0.3, 0.4) is 0 Å². The first-order valence-corrected chi connectivity index (χ1v) is 7.31.